The molecule has 2 amide bonds. The molecular weight excluding hydrogens is 574 g/mol. The number of amides is 2. The molecule has 0 unspecified atom stereocenters. The molecule has 0 aliphatic carbocycles. The average molecular weight is 598 g/mol. The van der Waals surface area contributed by atoms with Crippen LogP contribution in [0.4, 0.5) is 39.7 Å². The third-order valence-corrected chi connectivity index (χ3v) is 6.84. The molecule has 0 spiro atoms. The quantitative estimate of drug-likeness (QED) is 0.238. The van der Waals surface area contributed by atoms with Gasteiger partial charge in [-0.2, -0.15) is 18.3 Å². The number of nitrogens with two attached hydrogens (primary N) is 1. The van der Waals surface area contributed by atoms with Crippen LogP contribution in [0.2, 0.25) is 0 Å². The number of pyridine rings is 1. The molecule has 43 heavy (non-hydrogen) atoms. The summed E-state index contributed by atoms with van der Waals surface area (Å²) in [5, 5.41) is 8.91. The second-order valence-electron chi connectivity index (χ2n) is 9.56. The highest BCUT2D eigenvalue weighted by molar-refractivity contribution is 6.01. The number of hydrogen-bond donors (Lipinski definition) is 3. The van der Waals surface area contributed by atoms with Gasteiger partial charge in [-0.3, -0.25) is 10.2 Å². The molecule has 1 aliphatic heterocycles. The third-order valence-electron chi connectivity index (χ3n) is 6.84. The molecule has 5 aromatic rings. The third kappa shape index (κ3) is 5.69. The molecule has 0 bridgehead atoms. The number of halogens is 4. The van der Waals surface area contributed by atoms with Crippen LogP contribution >= 0.6 is 0 Å². The van der Waals surface area contributed by atoms with E-state index in [0.717, 1.165) is 12.3 Å². The van der Waals surface area contributed by atoms with E-state index in [1.165, 1.54) is 31.1 Å². The Balaban J connectivity index is 1.36. The largest absolute Gasteiger partial charge is 0.443 e. The maximum Gasteiger partial charge on any atom is 0.416 e. The van der Waals surface area contributed by atoms with Crippen molar-refractivity contribution in [2.45, 2.75) is 12.7 Å². The Morgan fingerprint density at radius 1 is 1.07 bits per heavy atom. The number of ether oxygens (including phenoxy) is 1. The van der Waals surface area contributed by atoms with Gasteiger partial charge in [0.2, 0.25) is 0 Å². The predicted octanol–water partition coefficient (Wildman–Crippen LogP) is 4.66. The highest BCUT2D eigenvalue weighted by atomic mass is 19.4. The maximum absolute atomic E-state index is 15.5. The Morgan fingerprint density at radius 3 is 2.60 bits per heavy atom. The second-order valence-corrected chi connectivity index (χ2v) is 9.56. The Labute approximate surface area is 240 Å². The van der Waals surface area contributed by atoms with Crippen molar-refractivity contribution >= 4 is 28.9 Å². The highest BCUT2D eigenvalue weighted by Crippen LogP contribution is 2.42. The van der Waals surface area contributed by atoms with Crippen LogP contribution in [0.5, 0.6) is 0 Å². The van der Waals surface area contributed by atoms with E-state index in [-0.39, 0.29) is 17.3 Å². The molecular formula is C27H23F4N9O3. The van der Waals surface area contributed by atoms with Gasteiger partial charge in [0.1, 0.15) is 23.5 Å². The van der Waals surface area contributed by atoms with E-state index in [1.807, 2.05) is 0 Å². The molecule has 6 rings (SSSR count). The van der Waals surface area contributed by atoms with Crippen LogP contribution in [0.3, 0.4) is 0 Å². The number of carbonyl (C=O) groups excluding carboxylic acids is 1. The number of benzene rings is 1. The van der Waals surface area contributed by atoms with E-state index in [2.05, 4.69) is 35.6 Å². The van der Waals surface area contributed by atoms with E-state index in [9.17, 15) is 18.0 Å². The number of nitrogens with one attached hydrogen (secondary N) is 2. The number of hydrogen-bond acceptors (Lipinski definition) is 9. The number of oxazole rings is 1. The molecule has 0 saturated carbocycles. The van der Waals surface area contributed by atoms with Crippen LogP contribution in [0, 0.1) is 5.82 Å². The maximum atomic E-state index is 15.5. The van der Waals surface area contributed by atoms with E-state index >= 15 is 4.39 Å². The Kier molecular flexibility index (Phi) is 7.37. The topological polar surface area (TPSA) is 149 Å². The molecule has 4 N–H and O–H groups in total. The van der Waals surface area contributed by atoms with Crippen LogP contribution in [-0.2, 0) is 17.5 Å². The first-order valence-electron chi connectivity index (χ1n) is 12.9. The van der Waals surface area contributed by atoms with Crippen LogP contribution < -0.4 is 16.4 Å². The van der Waals surface area contributed by atoms with Gasteiger partial charge in [-0.25, -0.2) is 28.7 Å². The van der Waals surface area contributed by atoms with E-state index in [4.69, 9.17) is 14.9 Å². The molecule has 12 nitrogen and oxygen atoms in total. The van der Waals surface area contributed by atoms with E-state index in [0.29, 0.717) is 72.6 Å². The molecule has 0 atom stereocenters. The summed E-state index contributed by atoms with van der Waals surface area (Å²) in [4.78, 5) is 26.6. The molecule has 1 saturated heterocycles. The van der Waals surface area contributed by atoms with Crippen molar-refractivity contribution in [3.8, 4) is 22.5 Å². The lowest BCUT2D eigenvalue weighted by molar-refractivity contribution is -0.137. The molecule has 4 aromatic heterocycles. The summed E-state index contributed by atoms with van der Waals surface area (Å²) in [6, 6.07) is 4.52. The fourth-order valence-electron chi connectivity index (χ4n) is 4.89. The van der Waals surface area contributed by atoms with Gasteiger partial charge in [-0.15, -0.1) is 0 Å². The fraction of sp³-hybridized carbons (Fsp3) is 0.222. The van der Waals surface area contributed by atoms with Gasteiger partial charge in [0.05, 0.1) is 41.9 Å². The number of morpholine rings is 1. The van der Waals surface area contributed by atoms with Crippen molar-refractivity contribution in [2.24, 2.45) is 0 Å². The zero-order valence-electron chi connectivity index (χ0n) is 22.2. The Morgan fingerprint density at radius 2 is 1.88 bits per heavy atom. The second kappa shape index (κ2) is 11.3. The Hall–Kier alpha value is -5.09. The molecule has 1 fully saturated rings. The SMILES string of the molecule is Nc1ncnn2c(CN3CCOCC3)c(-c3cnco3)c(-c3ccc(NC(=O)Nc4cc(C(F)(F)F)ccn4)c(F)c3)c12. The fourth-order valence-corrected chi connectivity index (χ4v) is 4.89. The van der Waals surface area contributed by atoms with Crippen molar-refractivity contribution in [1.82, 2.24) is 29.5 Å². The first-order valence-corrected chi connectivity index (χ1v) is 12.9. The van der Waals surface area contributed by atoms with Gasteiger partial charge >= 0.3 is 12.2 Å². The lowest BCUT2D eigenvalue weighted by Crippen LogP contribution is -2.36. The summed E-state index contributed by atoms with van der Waals surface area (Å²) in [5.41, 5.74) is 7.69. The number of nitrogen functional groups attached to an aromatic ring is 1. The minimum atomic E-state index is -4.62. The smallest absolute Gasteiger partial charge is 0.416 e. The number of urea groups is 1. The lowest BCUT2D eigenvalue weighted by Gasteiger charge is -2.26. The summed E-state index contributed by atoms with van der Waals surface area (Å²) in [6.07, 6.45) is 0.418. The standard InChI is InChI=1S/C27H23F4N9O3/c28-17-9-15(1-2-18(17)37-26(41)38-21-10-16(3-4-34-21)27(29,30)31)22-23(20-11-33-14-43-20)19(12-39-5-7-42-8-6-39)40-24(22)25(32)35-13-36-40/h1-4,9-11,13-14H,5-8,12H2,(H2,32,35,36)(H2,34,37,38,41). The van der Waals surface area contributed by atoms with Gasteiger partial charge in [-0.05, 0) is 29.8 Å². The molecule has 222 valence electrons. The van der Waals surface area contributed by atoms with Crippen LogP contribution in [0.1, 0.15) is 11.3 Å². The van der Waals surface area contributed by atoms with Gasteiger partial charge in [0.15, 0.2) is 18.0 Å². The zero-order chi connectivity index (χ0) is 30.1. The zero-order valence-corrected chi connectivity index (χ0v) is 22.2. The van der Waals surface area contributed by atoms with E-state index < -0.39 is 23.6 Å². The summed E-state index contributed by atoms with van der Waals surface area (Å²) in [7, 11) is 0. The summed E-state index contributed by atoms with van der Waals surface area (Å²) in [5.74, 6) is -0.629. The first-order chi connectivity index (χ1) is 20.7. The number of fused-ring (bicyclic) bond motifs is 1. The summed E-state index contributed by atoms with van der Waals surface area (Å²) < 4.78 is 67.3. The van der Waals surface area contributed by atoms with Gasteiger partial charge in [0.25, 0.3) is 0 Å². The molecule has 1 aliphatic rings. The highest BCUT2D eigenvalue weighted by Gasteiger charge is 2.31. The van der Waals surface area contributed by atoms with Crippen molar-refractivity contribution in [1.29, 1.82) is 0 Å². The van der Waals surface area contributed by atoms with Crippen molar-refractivity contribution in [3.63, 3.8) is 0 Å². The van der Waals surface area contributed by atoms with E-state index in [1.54, 1.807) is 10.6 Å². The lowest BCUT2D eigenvalue weighted by atomic mass is 9.98. The van der Waals surface area contributed by atoms with Crippen molar-refractivity contribution in [2.75, 3.05) is 42.7 Å². The predicted molar refractivity (Wildman–Crippen MR) is 146 cm³/mol. The molecule has 16 heteroatoms. The van der Waals surface area contributed by atoms with Gasteiger partial charge < -0.3 is 20.2 Å². The summed E-state index contributed by atoms with van der Waals surface area (Å²) >= 11 is 0. The first kappa shape index (κ1) is 28.0. The number of anilines is 3. The number of carbonyl (C=O) groups is 1. The minimum Gasteiger partial charge on any atom is -0.443 e. The average Bonchev–Trinajstić information content (AvgIpc) is 3.62. The molecule has 5 heterocycles. The summed E-state index contributed by atoms with van der Waals surface area (Å²) in [6.45, 7) is 2.96. The minimum absolute atomic E-state index is 0.148. The molecule has 0 radical (unpaired) electrons. The van der Waals surface area contributed by atoms with Crippen LogP contribution in [0.25, 0.3) is 28.0 Å². The number of rotatable bonds is 6. The number of nitrogens with zero attached hydrogens (tertiary/aromatic N) is 6. The van der Waals surface area contributed by atoms with Gasteiger partial charge in [0, 0.05) is 31.4 Å². The monoisotopic (exact) mass is 597 g/mol. The van der Waals surface area contributed by atoms with Crippen LogP contribution in [0.15, 0.2) is 59.9 Å². The Bertz CT molecular complexity index is 1780. The number of aromatic nitrogens is 5. The van der Waals surface area contributed by atoms with Crippen molar-refractivity contribution in [3.05, 3.63) is 72.5 Å². The van der Waals surface area contributed by atoms with Crippen LogP contribution in [-0.4, -0.2) is 61.8 Å². The normalized spacial score (nSPS) is 14.2. The number of alkyl halides is 3. The van der Waals surface area contributed by atoms with Crippen molar-refractivity contribution < 1.29 is 31.5 Å². The van der Waals surface area contributed by atoms with Gasteiger partial charge in [-0.1, -0.05) is 6.07 Å². The molecule has 1 aromatic carbocycles.